The summed E-state index contributed by atoms with van der Waals surface area (Å²) in [5, 5.41) is 1.98. The summed E-state index contributed by atoms with van der Waals surface area (Å²) in [6.07, 6.45) is 3.80. The molecule has 0 radical (unpaired) electrons. The minimum Gasteiger partial charge on any atom is -0.327 e. The van der Waals surface area contributed by atoms with Gasteiger partial charge in [-0.05, 0) is 6.08 Å². The molecule has 0 bridgehead atoms. The van der Waals surface area contributed by atoms with Crippen LogP contribution in [0.25, 0.3) is 6.08 Å². The lowest BCUT2D eigenvalue weighted by Crippen LogP contribution is -1.91. The molecule has 1 aromatic heterocycles. The van der Waals surface area contributed by atoms with Crippen LogP contribution in [0.4, 0.5) is 0 Å². The summed E-state index contributed by atoms with van der Waals surface area (Å²) in [4.78, 5) is 4.03. The molecule has 9 heavy (non-hydrogen) atoms. The first-order valence-corrected chi connectivity index (χ1v) is 3.62. The van der Waals surface area contributed by atoms with E-state index >= 15 is 0 Å². The average molecular weight is 140 g/mol. The smallest absolute Gasteiger partial charge is 0.0798 e. The van der Waals surface area contributed by atoms with Gasteiger partial charge in [0.15, 0.2) is 0 Å². The number of rotatable bonds is 2. The van der Waals surface area contributed by atoms with Gasteiger partial charge < -0.3 is 5.73 Å². The fourth-order valence-electron chi connectivity index (χ4n) is 0.493. The van der Waals surface area contributed by atoms with Crippen molar-refractivity contribution in [3.05, 3.63) is 22.7 Å². The van der Waals surface area contributed by atoms with Crippen LogP contribution in [-0.2, 0) is 0 Å². The fourth-order valence-corrected chi connectivity index (χ4v) is 1.02. The van der Waals surface area contributed by atoms with Crippen LogP contribution in [-0.4, -0.2) is 11.5 Å². The van der Waals surface area contributed by atoms with Gasteiger partial charge in [-0.2, -0.15) is 0 Å². The van der Waals surface area contributed by atoms with Gasteiger partial charge in [-0.3, -0.25) is 0 Å². The molecule has 0 amide bonds. The Morgan fingerprint density at radius 2 is 2.67 bits per heavy atom. The lowest BCUT2D eigenvalue weighted by atomic mass is 10.4. The van der Waals surface area contributed by atoms with Gasteiger partial charge in [0.25, 0.3) is 0 Å². The van der Waals surface area contributed by atoms with Crippen LogP contribution in [0.5, 0.6) is 0 Å². The van der Waals surface area contributed by atoms with E-state index in [0.29, 0.717) is 6.54 Å². The Balaban J connectivity index is 2.57. The number of thiazole rings is 1. The van der Waals surface area contributed by atoms with E-state index in [4.69, 9.17) is 5.73 Å². The Hall–Kier alpha value is -0.670. The number of hydrogen-bond acceptors (Lipinski definition) is 3. The van der Waals surface area contributed by atoms with Crippen molar-refractivity contribution in [2.75, 3.05) is 6.54 Å². The minimum absolute atomic E-state index is 0.581. The van der Waals surface area contributed by atoms with E-state index in [2.05, 4.69) is 4.98 Å². The van der Waals surface area contributed by atoms with E-state index in [0.717, 1.165) is 5.69 Å². The molecule has 0 aromatic carbocycles. The summed E-state index contributed by atoms with van der Waals surface area (Å²) in [5.74, 6) is 0. The maximum atomic E-state index is 5.23. The molecule has 2 nitrogen and oxygen atoms in total. The first-order valence-electron chi connectivity index (χ1n) is 2.68. The second-order valence-electron chi connectivity index (χ2n) is 1.55. The molecule has 1 aromatic rings. The van der Waals surface area contributed by atoms with Crippen LogP contribution in [0.2, 0.25) is 0 Å². The van der Waals surface area contributed by atoms with E-state index < -0.39 is 0 Å². The molecule has 0 spiro atoms. The summed E-state index contributed by atoms with van der Waals surface area (Å²) < 4.78 is 0. The van der Waals surface area contributed by atoms with Gasteiger partial charge in [-0.25, -0.2) is 4.98 Å². The Morgan fingerprint density at radius 1 is 1.78 bits per heavy atom. The molecule has 1 rings (SSSR count). The molecule has 0 atom stereocenters. The summed E-state index contributed by atoms with van der Waals surface area (Å²) in [6, 6.07) is 0. The standard InChI is InChI=1S/C6H8N2S/c7-3-1-2-6-4-9-5-8-6/h1-2,4-5H,3,7H2/b2-1+. The molecule has 0 aliphatic heterocycles. The monoisotopic (exact) mass is 140 g/mol. The average Bonchev–Trinajstić information content (AvgIpc) is 2.34. The quantitative estimate of drug-likeness (QED) is 0.668. The SMILES string of the molecule is NC/C=C/c1cscn1. The summed E-state index contributed by atoms with van der Waals surface area (Å²) in [7, 11) is 0. The molecule has 2 N–H and O–H groups in total. The van der Waals surface area contributed by atoms with Crippen molar-refractivity contribution in [1.82, 2.24) is 4.98 Å². The molecule has 0 saturated carbocycles. The lowest BCUT2D eigenvalue weighted by Gasteiger charge is -1.78. The third-order valence-electron chi connectivity index (χ3n) is 0.876. The molecule has 0 aliphatic rings. The summed E-state index contributed by atoms with van der Waals surface area (Å²) in [5.41, 5.74) is 8.03. The maximum Gasteiger partial charge on any atom is 0.0798 e. The van der Waals surface area contributed by atoms with Crippen LogP contribution in [0.3, 0.4) is 0 Å². The first-order chi connectivity index (χ1) is 4.43. The Morgan fingerprint density at radius 3 is 3.22 bits per heavy atom. The normalized spacial score (nSPS) is 10.8. The van der Waals surface area contributed by atoms with Gasteiger partial charge >= 0.3 is 0 Å². The van der Waals surface area contributed by atoms with Crippen LogP contribution >= 0.6 is 11.3 Å². The van der Waals surface area contributed by atoms with Crippen LogP contribution in [0.15, 0.2) is 17.0 Å². The molecule has 3 heteroatoms. The van der Waals surface area contributed by atoms with Crippen molar-refractivity contribution in [3.8, 4) is 0 Å². The van der Waals surface area contributed by atoms with Crippen molar-refractivity contribution in [2.45, 2.75) is 0 Å². The van der Waals surface area contributed by atoms with E-state index in [9.17, 15) is 0 Å². The Bertz CT molecular complexity index is 179. The van der Waals surface area contributed by atoms with E-state index in [-0.39, 0.29) is 0 Å². The summed E-state index contributed by atoms with van der Waals surface area (Å²) in [6.45, 7) is 0.581. The van der Waals surface area contributed by atoms with E-state index in [1.807, 2.05) is 17.5 Å². The van der Waals surface area contributed by atoms with E-state index in [1.54, 1.807) is 16.8 Å². The highest BCUT2D eigenvalue weighted by atomic mass is 32.1. The van der Waals surface area contributed by atoms with E-state index in [1.165, 1.54) is 0 Å². The maximum absolute atomic E-state index is 5.23. The minimum atomic E-state index is 0.581. The van der Waals surface area contributed by atoms with Crippen molar-refractivity contribution in [1.29, 1.82) is 0 Å². The molecule has 0 fully saturated rings. The topological polar surface area (TPSA) is 38.9 Å². The zero-order valence-corrected chi connectivity index (χ0v) is 5.77. The molecule has 0 saturated heterocycles. The van der Waals surface area contributed by atoms with Gasteiger partial charge in [0.1, 0.15) is 0 Å². The van der Waals surface area contributed by atoms with Gasteiger partial charge in [-0.15, -0.1) is 11.3 Å². The first kappa shape index (κ1) is 6.45. The summed E-state index contributed by atoms with van der Waals surface area (Å²) >= 11 is 1.59. The lowest BCUT2D eigenvalue weighted by molar-refractivity contribution is 1.26. The van der Waals surface area contributed by atoms with Crippen molar-refractivity contribution < 1.29 is 0 Å². The molecule has 0 unspecified atom stereocenters. The van der Waals surface area contributed by atoms with Gasteiger partial charge in [0, 0.05) is 11.9 Å². The van der Waals surface area contributed by atoms with Crippen LogP contribution in [0.1, 0.15) is 5.69 Å². The Kier molecular flexibility index (Phi) is 2.42. The van der Waals surface area contributed by atoms with Crippen molar-refractivity contribution >= 4 is 17.4 Å². The third kappa shape index (κ3) is 1.95. The largest absolute Gasteiger partial charge is 0.327 e. The second kappa shape index (κ2) is 3.37. The highest BCUT2D eigenvalue weighted by molar-refractivity contribution is 7.07. The number of nitrogens with zero attached hydrogens (tertiary/aromatic N) is 1. The van der Waals surface area contributed by atoms with Crippen LogP contribution in [0, 0.1) is 0 Å². The molecular formula is C6H8N2S. The highest BCUT2D eigenvalue weighted by Crippen LogP contribution is 2.01. The molecular weight excluding hydrogens is 132 g/mol. The number of nitrogens with two attached hydrogens (primary N) is 1. The predicted molar refractivity (Wildman–Crippen MR) is 40.2 cm³/mol. The van der Waals surface area contributed by atoms with Gasteiger partial charge in [0.2, 0.25) is 0 Å². The number of hydrogen-bond donors (Lipinski definition) is 1. The zero-order valence-electron chi connectivity index (χ0n) is 4.95. The predicted octanol–water partition coefficient (Wildman–Crippen LogP) is 1.12. The van der Waals surface area contributed by atoms with Crippen LogP contribution < -0.4 is 5.73 Å². The Labute approximate surface area is 58.0 Å². The van der Waals surface area contributed by atoms with Gasteiger partial charge in [0.05, 0.1) is 11.2 Å². The molecule has 48 valence electrons. The fraction of sp³-hybridized carbons (Fsp3) is 0.167. The highest BCUT2D eigenvalue weighted by Gasteiger charge is 1.83. The zero-order chi connectivity index (χ0) is 6.53. The third-order valence-corrected chi connectivity index (χ3v) is 1.48. The molecule has 1 heterocycles. The number of aromatic nitrogens is 1. The second-order valence-corrected chi connectivity index (χ2v) is 2.27. The van der Waals surface area contributed by atoms with Crippen molar-refractivity contribution in [2.24, 2.45) is 5.73 Å². The van der Waals surface area contributed by atoms with Gasteiger partial charge in [-0.1, -0.05) is 6.08 Å². The molecule has 0 aliphatic carbocycles. The van der Waals surface area contributed by atoms with Crippen molar-refractivity contribution in [3.63, 3.8) is 0 Å².